The van der Waals surface area contributed by atoms with Crippen molar-refractivity contribution < 1.29 is 4.39 Å². The van der Waals surface area contributed by atoms with E-state index in [9.17, 15) is 4.39 Å². The lowest BCUT2D eigenvalue weighted by molar-refractivity contribution is 0.629. The Balaban J connectivity index is 2.30. The van der Waals surface area contributed by atoms with E-state index in [1.807, 2.05) is 36.7 Å². The summed E-state index contributed by atoms with van der Waals surface area (Å²) in [7, 11) is 1.88. The molecule has 3 aromatic rings. The minimum Gasteiger partial charge on any atom is -0.399 e. The fourth-order valence-corrected chi connectivity index (χ4v) is 2.26. The standard InChI is InChI=1S/C15H14FN3/c1-9-3-6-14-13(7-9)18-15(19(14)2)11-8-10(17)4-5-12(11)16/h3-8H,17H2,1-2H3. The van der Waals surface area contributed by atoms with E-state index >= 15 is 0 Å². The lowest BCUT2D eigenvalue weighted by Gasteiger charge is -2.05. The monoisotopic (exact) mass is 255 g/mol. The van der Waals surface area contributed by atoms with Crippen LogP contribution in [-0.2, 0) is 7.05 Å². The van der Waals surface area contributed by atoms with E-state index in [4.69, 9.17) is 5.73 Å². The van der Waals surface area contributed by atoms with E-state index in [2.05, 4.69) is 4.98 Å². The summed E-state index contributed by atoms with van der Waals surface area (Å²) in [5.41, 5.74) is 9.65. The minimum atomic E-state index is -0.315. The third-order valence-corrected chi connectivity index (χ3v) is 3.27. The topological polar surface area (TPSA) is 43.8 Å². The van der Waals surface area contributed by atoms with Crippen LogP contribution >= 0.6 is 0 Å². The van der Waals surface area contributed by atoms with Crippen molar-refractivity contribution in [3.63, 3.8) is 0 Å². The molecule has 0 spiro atoms. The summed E-state index contributed by atoms with van der Waals surface area (Å²) in [5, 5.41) is 0. The third-order valence-electron chi connectivity index (χ3n) is 3.27. The highest BCUT2D eigenvalue weighted by Gasteiger charge is 2.13. The number of anilines is 1. The molecular weight excluding hydrogens is 241 g/mol. The Morgan fingerprint density at radius 3 is 2.74 bits per heavy atom. The van der Waals surface area contributed by atoms with Gasteiger partial charge in [0.05, 0.1) is 16.6 Å². The Labute approximate surface area is 110 Å². The maximum atomic E-state index is 13.9. The minimum absolute atomic E-state index is 0.315. The SMILES string of the molecule is Cc1ccc2c(c1)nc(-c1cc(N)ccc1F)n2C. The van der Waals surface area contributed by atoms with Gasteiger partial charge >= 0.3 is 0 Å². The molecule has 2 aromatic carbocycles. The number of fused-ring (bicyclic) bond motifs is 1. The van der Waals surface area contributed by atoms with Gasteiger partial charge in [-0.05, 0) is 42.8 Å². The van der Waals surface area contributed by atoms with Gasteiger partial charge in [0.25, 0.3) is 0 Å². The van der Waals surface area contributed by atoms with Crippen LogP contribution in [0.5, 0.6) is 0 Å². The number of imidazole rings is 1. The largest absolute Gasteiger partial charge is 0.399 e. The van der Waals surface area contributed by atoms with Gasteiger partial charge in [0.1, 0.15) is 11.6 Å². The number of rotatable bonds is 1. The van der Waals surface area contributed by atoms with E-state index in [-0.39, 0.29) is 5.82 Å². The number of nitrogen functional groups attached to an aromatic ring is 1. The lowest BCUT2D eigenvalue weighted by atomic mass is 10.2. The number of hydrogen-bond donors (Lipinski definition) is 1. The molecule has 0 saturated heterocycles. The smallest absolute Gasteiger partial charge is 0.143 e. The zero-order valence-electron chi connectivity index (χ0n) is 10.8. The highest BCUT2D eigenvalue weighted by atomic mass is 19.1. The van der Waals surface area contributed by atoms with Crippen molar-refractivity contribution >= 4 is 16.7 Å². The van der Waals surface area contributed by atoms with Crippen molar-refractivity contribution in [2.24, 2.45) is 7.05 Å². The Morgan fingerprint density at radius 2 is 1.95 bits per heavy atom. The maximum absolute atomic E-state index is 13.9. The molecule has 0 amide bonds. The Kier molecular flexibility index (Phi) is 2.52. The first-order valence-corrected chi connectivity index (χ1v) is 6.05. The van der Waals surface area contributed by atoms with E-state index < -0.39 is 0 Å². The highest BCUT2D eigenvalue weighted by molar-refractivity contribution is 5.81. The van der Waals surface area contributed by atoms with E-state index in [0.717, 1.165) is 16.6 Å². The first kappa shape index (κ1) is 11.7. The zero-order valence-corrected chi connectivity index (χ0v) is 10.8. The van der Waals surface area contributed by atoms with Crippen LogP contribution in [0.3, 0.4) is 0 Å². The van der Waals surface area contributed by atoms with Gasteiger partial charge in [0, 0.05) is 12.7 Å². The van der Waals surface area contributed by atoms with Crippen LogP contribution in [-0.4, -0.2) is 9.55 Å². The molecule has 0 radical (unpaired) electrons. The number of halogens is 1. The molecule has 3 nitrogen and oxygen atoms in total. The number of aromatic nitrogens is 2. The molecule has 19 heavy (non-hydrogen) atoms. The molecule has 0 bridgehead atoms. The Hall–Kier alpha value is -2.36. The zero-order chi connectivity index (χ0) is 13.6. The molecule has 1 aromatic heterocycles. The third kappa shape index (κ3) is 1.85. The second kappa shape index (κ2) is 4.09. The molecule has 0 atom stereocenters. The Morgan fingerprint density at radius 1 is 1.16 bits per heavy atom. The molecule has 0 aliphatic carbocycles. The van der Waals surface area contributed by atoms with Crippen LogP contribution in [0.25, 0.3) is 22.4 Å². The second-order valence-electron chi connectivity index (χ2n) is 4.73. The summed E-state index contributed by atoms with van der Waals surface area (Å²) >= 11 is 0. The van der Waals surface area contributed by atoms with Gasteiger partial charge in [-0.2, -0.15) is 0 Å². The van der Waals surface area contributed by atoms with Crippen LogP contribution in [0.15, 0.2) is 36.4 Å². The van der Waals surface area contributed by atoms with Crippen molar-refractivity contribution in [1.29, 1.82) is 0 Å². The van der Waals surface area contributed by atoms with E-state index in [1.165, 1.54) is 6.07 Å². The molecule has 0 unspecified atom stereocenters. The lowest BCUT2D eigenvalue weighted by Crippen LogP contribution is -1.96. The summed E-state index contributed by atoms with van der Waals surface area (Å²) in [6.45, 7) is 2.01. The van der Waals surface area contributed by atoms with Crippen molar-refractivity contribution in [3.8, 4) is 11.4 Å². The molecule has 0 aliphatic rings. The van der Waals surface area contributed by atoms with Gasteiger partial charge in [0.2, 0.25) is 0 Å². The number of nitrogens with zero attached hydrogens (tertiary/aromatic N) is 2. The normalized spacial score (nSPS) is 11.1. The molecule has 96 valence electrons. The quantitative estimate of drug-likeness (QED) is 0.678. The summed E-state index contributed by atoms with van der Waals surface area (Å²) < 4.78 is 15.8. The van der Waals surface area contributed by atoms with Crippen molar-refractivity contribution in [2.45, 2.75) is 6.92 Å². The number of nitrogens with two attached hydrogens (primary N) is 1. The molecule has 4 heteroatoms. The summed E-state index contributed by atoms with van der Waals surface area (Å²) in [6, 6.07) is 10.5. The molecule has 0 fully saturated rings. The molecule has 3 rings (SSSR count). The van der Waals surface area contributed by atoms with Crippen molar-refractivity contribution in [1.82, 2.24) is 9.55 Å². The van der Waals surface area contributed by atoms with Crippen LogP contribution in [0, 0.1) is 12.7 Å². The first-order valence-electron chi connectivity index (χ1n) is 6.05. The molecule has 2 N–H and O–H groups in total. The van der Waals surface area contributed by atoms with Gasteiger partial charge in [-0.15, -0.1) is 0 Å². The number of hydrogen-bond acceptors (Lipinski definition) is 2. The maximum Gasteiger partial charge on any atom is 0.143 e. The van der Waals surface area contributed by atoms with Gasteiger partial charge in [-0.3, -0.25) is 0 Å². The van der Waals surface area contributed by atoms with Crippen LogP contribution in [0.4, 0.5) is 10.1 Å². The van der Waals surface area contributed by atoms with E-state index in [1.54, 1.807) is 12.1 Å². The molecule has 1 heterocycles. The molecule has 0 aliphatic heterocycles. The van der Waals surface area contributed by atoms with Gasteiger partial charge < -0.3 is 10.3 Å². The average molecular weight is 255 g/mol. The molecule has 0 saturated carbocycles. The predicted molar refractivity (Wildman–Crippen MR) is 75.3 cm³/mol. The summed E-state index contributed by atoms with van der Waals surface area (Å²) in [4.78, 5) is 4.51. The van der Waals surface area contributed by atoms with Gasteiger partial charge in [0.15, 0.2) is 0 Å². The van der Waals surface area contributed by atoms with Gasteiger partial charge in [-0.25, -0.2) is 9.37 Å². The Bertz CT molecular complexity index is 774. The van der Waals surface area contributed by atoms with Crippen molar-refractivity contribution in [3.05, 3.63) is 47.8 Å². The van der Waals surface area contributed by atoms with Crippen LogP contribution < -0.4 is 5.73 Å². The predicted octanol–water partition coefficient (Wildman–Crippen LogP) is 3.27. The van der Waals surface area contributed by atoms with Crippen LogP contribution in [0.1, 0.15) is 5.56 Å². The highest BCUT2D eigenvalue weighted by Crippen LogP contribution is 2.27. The molecular formula is C15H14FN3. The van der Waals surface area contributed by atoms with Crippen molar-refractivity contribution in [2.75, 3.05) is 5.73 Å². The summed E-state index contributed by atoms with van der Waals surface area (Å²) in [6.07, 6.45) is 0. The van der Waals surface area contributed by atoms with E-state index in [0.29, 0.717) is 17.1 Å². The number of aryl methyl sites for hydroxylation is 2. The second-order valence-corrected chi connectivity index (χ2v) is 4.73. The first-order chi connectivity index (χ1) is 9.06. The fourth-order valence-electron chi connectivity index (χ4n) is 2.26. The fraction of sp³-hybridized carbons (Fsp3) is 0.133. The van der Waals surface area contributed by atoms with Gasteiger partial charge in [-0.1, -0.05) is 6.07 Å². The number of benzene rings is 2. The summed E-state index contributed by atoms with van der Waals surface area (Å²) in [5.74, 6) is 0.273. The van der Waals surface area contributed by atoms with Crippen LogP contribution in [0.2, 0.25) is 0 Å². The average Bonchev–Trinajstić information content (AvgIpc) is 2.69.